The van der Waals surface area contributed by atoms with Gasteiger partial charge in [-0.15, -0.1) is 10.2 Å². The molecule has 3 heterocycles. The molecule has 2 aromatic heterocycles. The first kappa shape index (κ1) is 20.8. The maximum absolute atomic E-state index is 12.6. The standard InChI is InChI=1S/C20H32N6OS/c1-3-5-12-24(4-2)13-9-11-21-18(27)17-10-8-16-26(17)20-23-22-19(28-20)25-14-6-7-15-25/h8,10,16H,3-7,9,11-15H2,1-2H3,(H,21,27). The van der Waals surface area contributed by atoms with Crippen molar-refractivity contribution < 1.29 is 4.79 Å². The fraction of sp³-hybridized carbons (Fsp3) is 0.650. The highest BCUT2D eigenvalue weighted by atomic mass is 32.1. The molecule has 7 nitrogen and oxygen atoms in total. The summed E-state index contributed by atoms with van der Waals surface area (Å²) in [6.45, 7) is 10.4. The van der Waals surface area contributed by atoms with Crippen molar-refractivity contribution in [1.29, 1.82) is 0 Å². The second-order valence-corrected chi connectivity index (χ2v) is 8.16. The van der Waals surface area contributed by atoms with Crippen molar-refractivity contribution in [3.05, 3.63) is 24.0 Å². The van der Waals surface area contributed by atoms with Gasteiger partial charge >= 0.3 is 0 Å². The Hall–Kier alpha value is -1.93. The SMILES string of the molecule is CCCCN(CC)CCCNC(=O)c1cccn1-c1nnc(N2CCCC2)s1. The summed E-state index contributed by atoms with van der Waals surface area (Å²) in [7, 11) is 0. The molecule has 0 bridgehead atoms. The van der Waals surface area contributed by atoms with Crippen molar-refractivity contribution in [2.45, 2.75) is 46.0 Å². The van der Waals surface area contributed by atoms with Crippen LogP contribution in [0, 0.1) is 0 Å². The van der Waals surface area contributed by atoms with Gasteiger partial charge in [0.1, 0.15) is 5.69 Å². The van der Waals surface area contributed by atoms with Gasteiger partial charge in [0.25, 0.3) is 5.91 Å². The molecular weight excluding hydrogens is 372 g/mol. The summed E-state index contributed by atoms with van der Waals surface area (Å²) in [4.78, 5) is 17.4. The van der Waals surface area contributed by atoms with E-state index in [9.17, 15) is 4.79 Å². The number of nitrogens with one attached hydrogen (secondary N) is 1. The summed E-state index contributed by atoms with van der Waals surface area (Å²) < 4.78 is 1.84. The summed E-state index contributed by atoms with van der Waals surface area (Å²) in [5.41, 5.74) is 0.613. The molecule has 3 rings (SSSR count). The van der Waals surface area contributed by atoms with E-state index < -0.39 is 0 Å². The molecular formula is C20H32N6OS. The molecule has 1 amide bonds. The van der Waals surface area contributed by atoms with E-state index in [2.05, 4.69) is 39.2 Å². The van der Waals surface area contributed by atoms with Crippen LogP contribution in [0.5, 0.6) is 0 Å². The van der Waals surface area contributed by atoms with Crippen molar-refractivity contribution in [2.75, 3.05) is 44.2 Å². The van der Waals surface area contributed by atoms with Gasteiger partial charge in [-0.25, -0.2) is 0 Å². The van der Waals surface area contributed by atoms with E-state index in [1.54, 1.807) is 11.3 Å². The minimum Gasteiger partial charge on any atom is -0.351 e. The van der Waals surface area contributed by atoms with Gasteiger partial charge in [-0.05, 0) is 57.5 Å². The third-order valence-corrected chi connectivity index (χ3v) is 6.16. The molecule has 28 heavy (non-hydrogen) atoms. The second-order valence-electron chi connectivity index (χ2n) is 7.22. The average molecular weight is 405 g/mol. The lowest BCUT2D eigenvalue weighted by Gasteiger charge is -2.19. The lowest BCUT2D eigenvalue weighted by molar-refractivity contribution is 0.0945. The molecule has 0 radical (unpaired) electrons. The number of rotatable bonds is 11. The molecule has 1 aliphatic heterocycles. The lowest BCUT2D eigenvalue weighted by Crippen LogP contribution is -2.31. The van der Waals surface area contributed by atoms with Crippen LogP contribution in [0.3, 0.4) is 0 Å². The highest BCUT2D eigenvalue weighted by molar-refractivity contribution is 7.17. The Bertz CT molecular complexity index is 737. The number of anilines is 1. The zero-order chi connectivity index (χ0) is 19.8. The summed E-state index contributed by atoms with van der Waals surface area (Å²) in [6.07, 6.45) is 7.71. The molecule has 154 valence electrons. The largest absolute Gasteiger partial charge is 0.351 e. The van der Waals surface area contributed by atoms with Crippen LogP contribution in [0.1, 0.15) is 56.4 Å². The number of hydrogen-bond donors (Lipinski definition) is 1. The van der Waals surface area contributed by atoms with Crippen molar-refractivity contribution in [2.24, 2.45) is 0 Å². The van der Waals surface area contributed by atoms with Gasteiger partial charge in [0, 0.05) is 25.8 Å². The Kier molecular flexibility index (Phi) is 7.85. The van der Waals surface area contributed by atoms with E-state index in [1.165, 1.54) is 25.7 Å². The number of carbonyl (C=O) groups excluding carboxylic acids is 1. The topological polar surface area (TPSA) is 66.3 Å². The number of unbranched alkanes of at least 4 members (excludes halogenated alkanes) is 1. The van der Waals surface area contributed by atoms with Gasteiger partial charge in [0.05, 0.1) is 0 Å². The van der Waals surface area contributed by atoms with Crippen LogP contribution in [0.2, 0.25) is 0 Å². The van der Waals surface area contributed by atoms with Gasteiger partial charge in [0.15, 0.2) is 0 Å². The fourth-order valence-electron chi connectivity index (χ4n) is 3.48. The molecule has 1 N–H and O–H groups in total. The van der Waals surface area contributed by atoms with Crippen molar-refractivity contribution >= 4 is 22.4 Å². The highest BCUT2D eigenvalue weighted by Gasteiger charge is 2.19. The van der Waals surface area contributed by atoms with Gasteiger partial charge in [-0.2, -0.15) is 0 Å². The summed E-state index contributed by atoms with van der Waals surface area (Å²) >= 11 is 1.54. The van der Waals surface area contributed by atoms with Crippen LogP contribution < -0.4 is 10.2 Å². The van der Waals surface area contributed by atoms with Crippen molar-refractivity contribution in [1.82, 2.24) is 25.0 Å². The van der Waals surface area contributed by atoms with Crippen molar-refractivity contribution in [3.8, 4) is 5.13 Å². The van der Waals surface area contributed by atoms with Crippen LogP contribution >= 0.6 is 11.3 Å². The minimum atomic E-state index is -0.0560. The lowest BCUT2D eigenvalue weighted by atomic mass is 10.3. The highest BCUT2D eigenvalue weighted by Crippen LogP contribution is 2.27. The number of carbonyl (C=O) groups is 1. The fourth-order valence-corrected chi connectivity index (χ4v) is 4.38. The first-order valence-corrected chi connectivity index (χ1v) is 11.3. The molecule has 0 unspecified atom stereocenters. The van der Waals surface area contributed by atoms with Crippen LogP contribution in [-0.4, -0.2) is 64.8 Å². The van der Waals surface area contributed by atoms with E-state index in [-0.39, 0.29) is 5.91 Å². The first-order valence-electron chi connectivity index (χ1n) is 10.5. The monoisotopic (exact) mass is 404 g/mol. The van der Waals surface area contributed by atoms with Gasteiger partial charge < -0.3 is 15.1 Å². The van der Waals surface area contributed by atoms with E-state index in [0.717, 1.165) is 49.4 Å². The normalized spacial score (nSPS) is 14.2. The third kappa shape index (κ3) is 5.32. The van der Waals surface area contributed by atoms with Crippen LogP contribution in [0.4, 0.5) is 5.13 Å². The van der Waals surface area contributed by atoms with Crippen LogP contribution in [0.15, 0.2) is 18.3 Å². The second kappa shape index (κ2) is 10.6. The molecule has 0 spiro atoms. The Morgan fingerprint density at radius 2 is 1.93 bits per heavy atom. The predicted octanol–water partition coefficient (Wildman–Crippen LogP) is 3.17. The summed E-state index contributed by atoms with van der Waals surface area (Å²) in [6, 6.07) is 3.72. The molecule has 0 aliphatic carbocycles. The van der Waals surface area contributed by atoms with E-state index in [0.29, 0.717) is 12.2 Å². The Balaban J connectivity index is 1.52. The molecule has 1 saturated heterocycles. The Morgan fingerprint density at radius 3 is 2.68 bits per heavy atom. The number of aromatic nitrogens is 3. The van der Waals surface area contributed by atoms with Crippen molar-refractivity contribution in [3.63, 3.8) is 0 Å². The quantitative estimate of drug-likeness (QED) is 0.583. The molecule has 1 aliphatic rings. The molecule has 0 aromatic carbocycles. The van der Waals surface area contributed by atoms with E-state index in [1.807, 2.05) is 22.9 Å². The molecule has 2 aromatic rings. The zero-order valence-corrected chi connectivity index (χ0v) is 17.9. The van der Waals surface area contributed by atoms with Gasteiger partial charge in [-0.3, -0.25) is 9.36 Å². The van der Waals surface area contributed by atoms with E-state index in [4.69, 9.17) is 0 Å². The zero-order valence-electron chi connectivity index (χ0n) is 17.1. The predicted molar refractivity (Wildman–Crippen MR) is 115 cm³/mol. The third-order valence-electron chi connectivity index (χ3n) is 5.18. The number of amides is 1. The molecule has 0 saturated carbocycles. The van der Waals surface area contributed by atoms with Crippen LogP contribution in [-0.2, 0) is 0 Å². The summed E-state index contributed by atoms with van der Waals surface area (Å²) in [5, 5.41) is 13.4. The maximum atomic E-state index is 12.6. The Morgan fingerprint density at radius 1 is 1.18 bits per heavy atom. The maximum Gasteiger partial charge on any atom is 0.268 e. The molecule has 0 atom stereocenters. The summed E-state index contributed by atoms with van der Waals surface area (Å²) in [5.74, 6) is -0.0560. The van der Waals surface area contributed by atoms with Crippen LogP contribution in [0.25, 0.3) is 5.13 Å². The molecule has 8 heteroatoms. The van der Waals surface area contributed by atoms with E-state index >= 15 is 0 Å². The Labute approximate surface area is 171 Å². The average Bonchev–Trinajstić information content (AvgIpc) is 3.47. The molecule has 1 fully saturated rings. The first-order chi connectivity index (χ1) is 13.7. The minimum absolute atomic E-state index is 0.0560. The van der Waals surface area contributed by atoms with Gasteiger partial charge in [-0.1, -0.05) is 31.6 Å². The number of nitrogens with zero attached hydrogens (tertiary/aromatic N) is 5. The number of hydrogen-bond acceptors (Lipinski definition) is 6. The smallest absolute Gasteiger partial charge is 0.268 e. The van der Waals surface area contributed by atoms with Gasteiger partial charge in [0.2, 0.25) is 10.3 Å².